The molecule has 0 fully saturated rings. The molecule has 30 valence electrons. The van der Waals surface area contributed by atoms with Gasteiger partial charge in [0.05, 0.1) is 0 Å². The highest BCUT2D eigenvalue weighted by molar-refractivity contribution is 15.0. The Hall–Kier alpha value is 2.15. The highest BCUT2D eigenvalue weighted by Gasteiger charge is 1.00. The lowest BCUT2D eigenvalue weighted by molar-refractivity contribution is -0.00000135. The summed E-state index contributed by atoms with van der Waals surface area (Å²) < 4.78 is 0. The molecule has 0 atom stereocenters. The molecule has 0 aromatic carbocycles. The fraction of sp³-hybridized carbons (Fsp3) is 0. The standard InChI is InChI=1S/I2.HI.H2O/c1-2;;/h;1H;1H2. The lowest BCUT2D eigenvalue weighted by atomic mass is 16.0. The smallest absolute Gasteiger partial charge is 1.00 e. The van der Waals surface area contributed by atoms with Crippen molar-refractivity contribution in [1.29, 1.82) is 0 Å². The maximum atomic E-state index is 2.12. The third kappa shape index (κ3) is 8.91. The average molecular weight is 400 g/mol. The molecule has 0 radical (unpaired) electrons. The predicted octanol–water partition coefficient (Wildman–Crippen LogP) is -1.94. The summed E-state index contributed by atoms with van der Waals surface area (Å²) in [6, 6.07) is 0. The number of hydrogen-bond acceptors (Lipinski definition) is 0. The molecular formula is H3I3O. The largest absolute Gasteiger partial charge is 1.00 e. The maximum absolute atomic E-state index is 2.12. The zero-order chi connectivity index (χ0) is 2.00. The summed E-state index contributed by atoms with van der Waals surface area (Å²) in [5.74, 6) is 0. The van der Waals surface area contributed by atoms with Gasteiger partial charge in [-0.05, 0) is 0 Å². The molecular weight excluding hydrogens is 397 g/mol. The fourth-order valence-corrected chi connectivity index (χ4v) is 0. The van der Waals surface area contributed by atoms with Gasteiger partial charge >= 0.3 is 1.43 Å². The SMILES string of the molecule is II.O.[H+].[I-]. The Labute approximate surface area is 67.0 Å². The van der Waals surface area contributed by atoms with E-state index in [9.17, 15) is 0 Å². The molecule has 0 saturated carbocycles. The Morgan fingerprint density at radius 2 is 1.25 bits per heavy atom. The lowest BCUT2D eigenvalue weighted by Crippen LogP contribution is -3.00. The second kappa shape index (κ2) is 19.2. The van der Waals surface area contributed by atoms with Gasteiger partial charge in [0.2, 0.25) is 0 Å². The van der Waals surface area contributed by atoms with Crippen molar-refractivity contribution in [3.05, 3.63) is 0 Å². The first-order chi connectivity index (χ1) is 1.00. The molecule has 0 amide bonds. The second-order valence-corrected chi connectivity index (χ2v) is 0. The van der Waals surface area contributed by atoms with Crippen LogP contribution in [0.1, 0.15) is 1.43 Å². The lowest BCUT2D eigenvalue weighted by Gasteiger charge is -1.00. The van der Waals surface area contributed by atoms with E-state index < -0.39 is 0 Å². The summed E-state index contributed by atoms with van der Waals surface area (Å²) in [6.07, 6.45) is 0. The molecule has 4 heavy (non-hydrogen) atoms. The van der Waals surface area contributed by atoms with Gasteiger partial charge in [0.1, 0.15) is 0 Å². The van der Waals surface area contributed by atoms with Crippen molar-refractivity contribution in [3.63, 3.8) is 0 Å². The van der Waals surface area contributed by atoms with Crippen molar-refractivity contribution in [2.75, 3.05) is 0 Å². The first-order valence-corrected chi connectivity index (χ1v) is 6.43. The monoisotopic (exact) mass is 400 g/mol. The normalized spacial score (nSPS) is 1.50. The molecule has 0 unspecified atom stereocenters. The van der Waals surface area contributed by atoms with Crippen LogP contribution in [0.3, 0.4) is 0 Å². The highest BCUT2D eigenvalue weighted by Crippen LogP contribution is 1.89. The van der Waals surface area contributed by atoms with Gasteiger partial charge in [-0.2, -0.15) is 0 Å². The average Bonchev–Trinajstić information content (AvgIpc) is 1.00. The summed E-state index contributed by atoms with van der Waals surface area (Å²) in [5.41, 5.74) is 0. The number of halogens is 3. The summed E-state index contributed by atoms with van der Waals surface area (Å²) in [6.45, 7) is 0. The molecule has 0 aliphatic carbocycles. The van der Waals surface area contributed by atoms with E-state index in [1.54, 1.807) is 0 Å². The first-order valence-electron chi connectivity index (χ1n) is 0.143. The van der Waals surface area contributed by atoms with E-state index >= 15 is 0 Å². The van der Waals surface area contributed by atoms with Gasteiger partial charge in [-0.3, -0.25) is 0 Å². The van der Waals surface area contributed by atoms with Crippen LogP contribution in [0.5, 0.6) is 0 Å². The van der Waals surface area contributed by atoms with Crippen LogP contribution in [0.2, 0.25) is 0 Å². The van der Waals surface area contributed by atoms with Crippen LogP contribution in [-0.4, -0.2) is 5.48 Å². The summed E-state index contributed by atoms with van der Waals surface area (Å²) >= 11 is 4.24. The summed E-state index contributed by atoms with van der Waals surface area (Å²) in [7, 11) is 0. The predicted molar refractivity (Wildman–Crippen MR) is 32.8 cm³/mol. The van der Waals surface area contributed by atoms with Crippen LogP contribution < -0.4 is 24.0 Å². The first kappa shape index (κ1) is 16.4. The van der Waals surface area contributed by atoms with Crippen LogP contribution in [0.15, 0.2) is 0 Å². The zero-order valence-corrected chi connectivity index (χ0v) is 8.11. The van der Waals surface area contributed by atoms with E-state index in [0.29, 0.717) is 0 Å². The molecule has 0 aromatic heterocycles. The van der Waals surface area contributed by atoms with E-state index in [1.807, 2.05) is 0 Å². The molecule has 0 aromatic rings. The van der Waals surface area contributed by atoms with Crippen molar-refractivity contribution in [3.8, 4) is 0 Å². The van der Waals surface area contributed by atoms with E-state index in [-0.39, 0.29) is 30.9 Å². The molecule has 0 heterocycles. The molecule has 0 saturated heterocycles. The second-order valence-electron chi connectivity index (χ2n) is 0. The Balaban J connectivity index is -0.00000000167. The van der Waals surface area contributed by atoms with Crippen LogP contribution >= 0.6 is 37.2 Å². The van der Waals surface area contributed by atoms with E-state index in [1.165, 1.54) is 0 Å². The third-order valence-electron chi connectivity index (χ3n) is 0. The fourth-order valence-electron chi connectivity index (χ4n) is 0. The third-order valence-corrected chi connectivity index (χ3v) is 0. The Morgan fingerprint density at radius 1 is 1.25 bits per heavy atom. The van der Waals surface area contributed by atoms with Crippen molar-refractivity contribution in [1.82, 2.24) is 0 Å². The molecule has 0 aliphatic heterocycles. The van der Waals surface area contributed by atoms with E-state index in [0.717, 1.165) is 0 Å². The Morgan fingerprint density at radius 3 is 1.25 bits per heavy atom. The minimum atomic E-state index is 0. The van der Waals surface area contributed by atoms with Gasteiger partial charge in [-0.25, -0.2) is 0 Å². The van der Waals surface area contributed by atoms with Crippen molar-refractivity contribution in [2.24, 2.45) is 0 Å². The molecule has 0 bridgehead atoms. The Bertz CT molecular complexity index is 6.85. The van der Waals surface area contributed by atoms with Crippen LogP contribution in [0, 0.1) is 0 Å². The van der Waals surface area contributed by atoms with E-state index in [4.69, 9.17) is 0 Å². The number of hydrogen-bond donors (Lipinski definition) is 0. The van der Waals surface area contributed by atoms with Gasteiger partial charge in [-0.15, -0.1) is 0 Å². The molecule has 0 spiro atoms. The van der Waals surface area contributed by atoms with Crippen molar-refractivity contribution < 1.29 is 30.9 Å². The van der Waals surface area contributed by atoms with E-state index in [2.05, 4.69) is 37.2 Å². The Kier molecular flexibility index (Phi) is 78.9. The maximum Gasteiger partial charge on any atom is 1.00 e. The van der Waals surface area contributed by atoms with Crippen LogP contribution in [0.4, 0.5) is 0 Å². The zero-order valence-electron chi connectivity index (χ0n) is 2.63. The molecule has 0 aliphatic rings. The van der Waals surface area contributed by atoms with Crippen LogP contribution in [-0.2, 0) is 0 Å². The molecule has 2 N–H and O–H groups in total. The van der Waals surface area contributed by atoms with Gasteiger partial charge in [0.25, 0.3) is 0 Å². The van der Waals surface area contributed by atoms with Crippen LogP contribution in [0.25, 0.3) is 0 Å². The van der Waals surface area contributed by atoms with Crippen molar-refractivity contribution in [2.45, 2.75) is 0 Å². The van der Waals surface area contributed by atoms with Gasteiger partial charge in [-0.1, -0.05) is 0 Å². The molecule has 1 nitrogen and oxygen atoms in total. The molecule has 0 rings (SSSR count). The molecule has 4 heteroatoms. The summed E-state index contributed by atoms with van der Waals surface area (Å²) in [4.78, 5) is 0. The topological polar surface area (TPSA) is 31.5 Å². The summed E-state index contributed by atoms with van der Waals surface area (Å²) in [5, 5.41) is 0. The van der Waals surface area contributed by atoms with Gasteiger partial charge in [0.15, 0.2) is 0 Å². The highest BCUT2D eigenvalue weighted by atomic mass is 128. The van der Waals surface area contributed by atoms with Gasteiger partial charge < -0.3 is 29.5 Å². The number of rotatable bonds is 0. The minimum Gasteiger partial charge on any atom is -1.00 e. The quantitative estimate of drug-likeness (QED) is 0.425. The minimum absolute atomic E-state index is 0. The van der Waals surface area contributed by atoms with Gasteiger partial charge in [0, 0.05) is 37.2 Å². The van der Waals surface area contributed by atoms with Crippen molar-refractivity contribution >= 4 is 37.2 Å².